The van der Waals surface area contributed by atoms with E-state index in [0.29, 0.717) is 24.4 Å². The van der Waals surface area contributed by atoms with E-state index in [9.17, 15) is 18.8 Å². The molecule has 1 saturated heterocycles. The zero-order valence-electron chi connectivity index (χ0n) is 15.8. The average molecular weight is 387 g/mol. The van der Waals surface area contributed by atoms with Crippen LogP contribution in [0.3, 0.4) is 0 Å². The van der Waals surface area contributed by atoms with Crippen molar-refractivity contribution < 1.29 is 23.2 Å². The van der Waals surface area contributed by atoms with Gasteiger partial charge in [0, 0.05) is 37.8 Å². The standard InChI is InChI=1S/C20H22FN3O4/c1-13(2)22-18(25)20(27)24-11-9-23(10-12-24)19(26)17-8-7-16(28-17)14-3-5-15(21)6-4-14/h3-8,13H,9-12H2,1-2H3,(H,22,25). The predicted octanol–water partition coefficient (Wildman–Crippen LogP) is 1.89. The minimum Gasteiger partial charge on any atom is -0.451 e. The molecule has 1 N–H and O–H groups in total. The molecule has 0 saturated carbocycles. The molecule has 3 amide bonds. The van der Waals surface area contributed by atoms with Crippen LogP contribution in [-0.4, -0.2) is 59.7 Å². The predicted molar refractivity (Wildman–Crippen MR) is 99.9 cm³/mol. The van der Waals surface area contributed by atoms with Gasteiger partial charge in [-0.25, -0.2) is 4.39 Å². The molecule has 2 aromatic rings. The first kappa shape index (κ1) is 19.6. The van der Waals surface area contributed by atoms with Crippen LogP contribution in [0, 0.1) is 5.82 Å². The molecule has 0 aliphatic carbocycles. The molecule has 148 valence electrons. The Hall–Kier alpha value is -3.16. The van der Waals surface area contributed by atoms with Crippen LogP contribution in [0.15, 0.2) is 40.8 Å². The van der Waals surface area contributed by atoms with Crippen LogP contribution in [0.1, 0.15) is 24.4 Å². The number of carbonyl (C=O) groups is 3. The van der Waals surface area contributed by atoms with Gasteiger partial charge in [-0.15, -0.1) is 0 Å². The maximum Gasteiger partial charge on any atom is 0.312 e. The van der Waals surface area contributed by atoms with Gasteiger partial charge in [-0.2, -0.15) is 0 Å². The summed E-state index contributed by atoms with van der Waals surface area (Å²) >= 11 is 0. The van der Waals surface area contributed by atoms with Crippen molar-refractivity contribution in [2.24, 2.45) is 0 Å². The van der Waals surface area contributed by atoms with Crippen LogP contribution in [0.4, 0.5) is 4.39 Å². The van der Waals surface area contributed by atoms with Gasteiger partial charge >= 0.3 is 11.8 Å². The summed E-state index contributed by atoms with van der Waals surface area (Å²) in [5.74, 6) is -1.20. The molecule has 1 aliphatic heterocycles. The summed E-state index contributed by atoms with van der Waals surface area (Å²) in [4.78, 5) is 39.6. The molecule has 0 bridgehead atoms. The largest absolute Gasteiger partial charge is 0.451 e. The molecule has 1 fully saturated rings. The van der Waals surface area contributed by atoms with Crippen molar-refractivity contribution in [1.29, 1.82) is 0 Å². The summed E-state index contributed by atoms with van der Waals surface area (Å²) < 4.78 is 18.7. The van der Waals surface area contributed by atoms with Crippen LogP contribution < -0.4 is 5.32 Å². The van der Waals surface area contributed by atoms with Crippen LogP contribution in [0.25, 0.3) is 11.3 Å². The number of piperazine rings is 1. The van der Waals surface area contributed by atoms with E-state index in [1.807, 2.05) is 0 Å². The van der Waals surface area contributed by atoms with Crippen molar-refractivity contribution in [3.05, 3.63) is 48.0 Å². The SMILES string of the molecule is CC(C)NC(=O)C(=O)N1CCN(C(=O)c2ccc(-c3ccc(F)cc3)o2)CC1. The Balaban J connectivity index is 1.59. The lowest BCUT2D eigenvalue weighted by Crippen LogP contribution is -2.54. The fourth-order valence-corrected chi connectivity index (χ4v) is 2.96. The molecule has 3 rings (SSSR count). The van der Waals surface area contributed by atoms with Crippen molar-refractivity contribution in [1.82, 2.24) is 15.1 Å². The smallest absolute Gasteiger partial charge is 0.312 e. The Labute approximate surface area is 162 Å². The van der Waals surface area contributed by atoms with Gasteiger partial charge in [0.05, 0.1) is 0 Å². The number of rotatable bonds is 3. The second-order valence-electron chi connectivity index (χ2n) is 6.88. The molecule has 1 aliphatic rings. The molecule has 0 atom stereocenters. The van der Waals surface area contributed by atoms with E-state index in [1.165, 1.54) is 17.0 Å². The number of nitrogens with one attached hydrogen (secondary N) is 1. The van der Waals surface area contributed by atoms with Gasteiger partial charge in [0.2, 0.25) is 0 Å². The maximum absolute atomic E-state index is 13.0. The number of halogens is 1. The first-order valence-corrected chi connectivity index (χ1v) is 9.10. The molecule has 0 spiro atoms. The Morgan fingerprint density at radius 3 is 2.18 bits per heavy atom. The van der Waals surface area contributed by atoms with Gasteiger partial charge in [-0.3, -0.25) is 14.4 Å². The highest BCUT2D eigenvalue weighted by Crippen LogP contribution is 2.23. The van der Waals surface area contributed by atoms with Gasteiger partial charge in [0.1, 0.15) is 11.6 Å². The normalized spacial score (nSPS) is 14.3. The van der Waals surface area contributed by atoms with Crippen LogP contribution in [0.2, 0.25) is 0 Å². The number of hydrogen-bond donors (Lipinski definition) is 1. The van der Waals surface area contributed by atoms with E-state index in [1.54, 1.807) is 43.0 Å². The second kappa shape index (κ2) is 8.24. The number of hydrogen-bond acceptors (Lipinski definition) is 4. The first-order chi connectivity index (χ1) is 13.3. The van der Waals surface area contributed by atoms with Gasteiger partial charge in [-0.1, -0.05) is 0 Å². The van der Waals surface area contributed by atoms with Crippen molar-refractivity contribution in [3.8, 4) is 11.3 Å². The Morgan fingerprint density at radius 1 is 0.964 bits per heavy atom. The molecular weight excluding hydrogens is 365 g/mol. The number of amides is 3. The second-order valence-corrected chi connectivity index (χ2v) is 6.88. The third-order valence-corrected chi connectivity index (χ3v) is 4.41. The highest BCUT2D eigenvalue weighted by molar-refractivity contribution is 6.35. The van der Waals surface area contributed by atoms with Crippen LogP contribution in [-0.2, 0) is 9.59 Å². The minimum atomic E-state index is -0.634. The third kappa shape index (κ3) is 4.39. The summed E-state index contributed by atoms with van der Waals surface area (Å²) in [5.41, 5.74) is 0.673. The monoisotopic (exact) mass is 387 g/mol. The zero-order chi connectivity index (χ0) is 20.3. The number of furan rings is 1. The minimum absolute atomic E-state index is 0.117. The lowest BCUT2D eigenvalue weighted by Gasteiger charge is -2.34. The van der Waals surface area contributed by atoms with Gasteiger partial charge < -0.3 is 19.5 Å². The lowest BCUT2D eigenvalue weighted by atomic mass is 10.2. The summed E-state index contributed by atoms with van der Waals surface area (Å²) in [7, 11) is 0. The van der Waals surface area contributed by atoms with Crippen molar-refractivity contribution in [3.63, 3.8) is 0 Å². The molecule has 28 heavy (non-hydrogen) atoms. The molecule has 1 aromatic carbocycles. The number of carbonyl (C=O) groups excluding carboxylic acids is 3. The molecular formula is C20H22FN3O4. The Kier molecular flexibility index (Phi) is 5.77. The van der Waals surface area contributed by atoms with Crippen LogP contribution in [0.5, 0.6) is 0 Å². The van der Waals surface area contributed by atoms with Crippen molar-refractivity contribution >= 4 is 17.7 Å². The molecule has 8 heteroatoms. The number of nitrogens with zero attached hydrogens (tertiary/aromatic N) is 2. The van der Waals surface area contributed by atoms with E-state index in [0.717, 1.165) is 0 Å². The molecule has 0 radical (unpaired) electrons. The van der Waals surface area contributed by atoms with E-state index in [-0.39, 0.29) is 36.6 Å². The summed E-state index contributed by atoms with van der Waals surface area (Å²) in [6, 6.07) is 8.93. The van der Waals surface area contributed by atoms with Crippen LogP contribution >= 0.6 is 0 Å². The van der Waals surface area contributed by atoms with E-state index in [4.69, 9.17) is 4.42 Å². The quantitative estimate of drug-likeness (QED) is 0.816. The average Bonchev–Trinajstić information content (AvgIpc) is 3.17. The lowest BCUT2D eigenvalue weighted by molar-refractivity contribution is -0.147. The maximum atomic E-state index is 13.0. The Morgan fingerprint density at radius 2 is 1.57 bits per heavy atom. The molecule has 7 nitrogen and oxygen atoms in total. The highest BCUT2D eigenvalue weighted by atomic mass is 19.1. The summed E-state index contributed by atoms with van der Waals surface area (Å²) in [6.07, 6.45) is 0. The zero-order valence-corrected chi connectivity index (χ0v) is 15.8. The van der Waals surface area contributed by atoms with Gasteiger partial charge in [0.15, 0.2) is 5.76 Å². The van der Waals surface area contributed by atoms with E-state index < -0.39 is 11.8 Å². The summed E-state index contributed by atoms with van der Waals surface area (Å²) in [5, 5.41) is 2.57. The van der Waals surface area contributed by atoms with E-state index in [2.05, 4.69) is 5.32 Å². The highest BCUT2D eigenvalue weighted by Gasteiger charge is 2.29. The third-order valence-electron chi connectivity index (χ3n) is 4.41. The molecule has 2 heterocycles. The first-order valence-electron chi connectivity index (χ1n) is 9.10. The number of benzene rings is 1. The van der Waals surface area contributed by atoms with Gasteiger partial charge in [0.25, 0.3) is 5.91 Å². The fourth-order valence-electron chi connectivity index (χ4n) is 2.96. The molecule has 0 unspecified atom stereocenters. The topological polar surface area (TPSA) is 82.9 Å². The molecule has 1 aromatic heterocycles. The Bertz CT molecular complexity index is 868. The van der Waals surface area contributed by atoms with Crippen molar-refractivity contribution in [2.75, 3.05) is 26.2 Å². The van der Waals surface area contributed by atoms with Crippen molar-refractivity contribution in [2.45, 2.75) is 19.9 Å². The van der Waals surface area contributed by atoms with E-state index >= 15 is 0 Å². The van der Waals surface area contributed by atoms with Gasteiger partial charge in [-0.05, 0) is 50.2 Å². The fraction of sp³-hybridized carbons (Fsp3) is 0.350. The summed E-state index contributed by atoms with van der Waals surface area (Å²) in [6.45, 7) is 4.75.